The van der Waals surface area contributed by atoms with Gasteiger partial charge in [-0.15, -0.1) is 0 Å². The van der Waals surface area contributed by atoms with E-state index in [-0.39, 0.29) is 39.6 Å². The fourth-order valence-corrected chi connectivity index (χ4v) is 12.6. The number of fused-ring (bicyclic) bond motifs is 7. The van der Waals surface area contributed by atoms with E-state index in [2.05, 4.69) is 53.3 Å². The minimum atomic E-state index is -0.661. The molecular weight excluding hydrogens is 548 g/mol. The minimum absolute atomic E-state index is 0.0650. The third kappa shape index (κ3) is 4.30. The average molecular weight is 605 g/mol. The molecule has 0 saturated heterocycles. The number of hydrogen-bond acceptors (Lipinski definition) is 4. The van der Waals surface area contributed by atoms with Gasteiger partial charge in [-0.1, -0.05) is 58.9 Å². The van der Waals surface area contributed by atoms with Gasteiger partial charge in [0.2, 0.25) is 0 Å². The van der Waals surface area contributed by atoms with Gasteiger partial charge < -0.3 is 19.7 Å². The van der Waals surface area contributed by atoms with Gasteiger partial charge in [-0.2, -0.15) is 0 Å². The summed E-state index contributed by atoms with van der Waals surface area (Å²) in [5.74, 6) is 2.65. The van der Waals surface area contributed by atoms with E-state index in [0.717, 1.165) is 74.0 Å². The first-order valence-electron chi connectivity index (χ1n) is 17.2. The normalized spacial score (nSPS) is 44.2. The summed E-state index contributed by atoms with van der Waals surface area (Å²) < 4.78 is 11.0. The number of carbonyl (C=O) groups is 1. The van der Waals surface area contributed by atoms with Crippen LogP contribution in [-0.2, 0) is 4.79 Å². The lowest BCUT2D eigenvalue weighted by atomic mass is 9.32. The zero-order chi connectivity index (χ0) is 31.9. The SMILES string of the molecule is C=C(/C=C/c1cc(OC)cc(OC)c1)[C@@H]1CC[C@]2(C(=O)O)CC[C@]3(C)[C@H](CC[C@@H]4[C@@]5(C)CC[C@H](O)C(C)(C)[C@@H]5CC[C@]43C)[C@@H]12. The number of carboxylic acids is 1. The maximum atomic E-state index is 13.2. The molecule has 0 spiro atoms. The number of aliphatic hydroxyl groups excluding tert-OH is 1. The Hall–Kier alpha value is -2.27. The standard InChI is InChI=1S/C39H56O5/c1-24(9-10-25-21-26(43-7)23-27(22-25)44-8)28-13-18-39(34(41)42)20-19-37(5)29(33(28)39)11-12-31-36(4)16-15-32(40)35(2,3)30(36)14-17-38(31,37)6/h9-10,21-23,28-33,40H,1,11-20H2,2-8H3,(H,41,42)/b10-9+/t28-,29+,30-,31+,32-,33+,36-,37+,38+,39-/m0/s1. The molecule has 6 rings (SSSR count). The summed E-state index contributed by atoms with van der Waals surface area (Å²) >= 11 is 0. The molecule has 10 atom stereocenters. The molecule has 5 aliphatic rings. The number of aliphatic hydroxyl groups is 1. The van der Waals surface area contributed by atoms with Crippen LogP contribution in [0.4, 0.5) is 0 Å². The molecule has 44 heavy (non-hydrogen) atoms. The van der Waals surface area contributed by atoms with Gasteiger partial charge in [-0.05, 0) is 133 Å². The molecule has 0 radical (unpaired) electrons. The maximum Gasteiger partial charge on any atom is 0.309 e. The Labute approximate surface area is 265 Å². The van der Waals surface area contributed by atoms with Crippen molar-refractivity contribution in [2.24, 2.45) is 56.7 Å². The van der Waals surface area contributed by atoms with Crippen LogP contribution in [0.15, 0.2) is 36.4 Å². The van der Waals surface area contributed by atoms with Crippen LogP contribution in [0.25, 0.3) is 6.08 Å². The zero-order valence-corrected chi connectivity index (χ0v) is 28.2. The number of hydrogen-bond donors (Lipinski definition) is 2. The highest BCUT2D eigenvalue weighted by molar-refractivity contribution is 5.76. The first kappa shape index (κ1) is 31.7. The summed E-state index contributed by atoms with van der Waals surface area (Å²) in [5, 5.41) is 21.9. The molecule has 5 heteroatoms. The number of benzene rings is 1. The van der Waals surface area contributed by atoms with Gasteiger partial charge in [-0.25, -0.2) is 0 Å². The monoisotopic (exact) mass is 604 g/mol. The number of allylic oxidation sites excluding steroid dienone is 2. The molecule has 5 nitrogen and oxygen atoms in total. The second kappa shape index (κ2) is 10.6. The molecule has 0 bridgehead atoms. The average Bonchev–Trinajstić information content (AvgIpc) is 3.39. The van der Waals surface area contributed by atoms with Crippen molar-refractivity contribution in [2.45, 2.75) is 105 Å². The molecule has 242 valence electrons. The zero-order valence-electron chi connectivity index (χ0n) is 28.2. The van der Waals surface area contributed by atoms with Crippen LogP contribution < -0.4 is 9.47 Å². The molecule has 5 fully saturated rings. The van der Waals surface area contributed by atoms with Crippen LogP contribution in [0.2, 0.25) is 0 Å². The van der Waals surface area contributed by atoms with Crippen molar-refractivity contribution in [3.05, 3.63) is 42.0 Å². The Kier molecular flexibility index (Phi) is 7.67. The number of carboxylic acid groups (broad SMARTS) is 1. The van der Waals surface area contributed by atoms with Crippen LogP contribution in [0.1, 0.15) is 104 Å². The highest BCUT2D eigenvalue weighted by Gasteiger charge is 2.72. The summed E-state index contributed by atoms with van der Waals surface area (Å²) in [6.07, 6.45) is 14.0. The van der Waals surface area contributed by atoms with E-state index in [1.807, 2.05) is 18.2 Å². The predicted octanol–water partition coefficient (Wildman–Crippen LogP) is 8.80. The molecule has 0 heterocycles. The first-order valence-corrected chi connectivity index (χ1v) is 17.2. The number of methoxy groups -OCH3 is 2. The maximum absolute atomic E-state index is 13.2. The van der Waals surface area contributed by atoms with E-state index < -0.39 is 11.4 Å². The fourth-order valence-electron chi connectivity index (χ4n) is 12.6. The van der Waals surface area contributed by atoms with Gasteiger partial charge in [0.25, 0.3) is 0 Å². The van der Waals surface area contributed by atoms with Crippen molar-refractivity contribution in [1.82, 2.24) is 0 Å². The molecule has 2 N–H and O–H groups in total. The van der Waals surface area contributed by atoms with Gasteiger partial charge in [0.05, 0.1) is 25.7 Å². The Morgan fingerprint density at radius 2 is 1.52 bits per heavy atom. The van der Waals surface area contributed by atoms with Crippen molar-refractivity contribution in [1.29, 1.82) is 0 Å². The van der Waals surface area contributed by atoms with Crippen molar-refractivity contribution < 1.29 is 24.5 Å². The molecule has 0 aliphatic heterocycles. The smallest absolute Gasteiger partial charge is 0.309 e. The highest BCUT2D eigenvalue weighted by Crippen LogP contribution is 2.77. The van der Waals surface area contributed by atoms with Crippen molar-refractivity contribution in [2.75, 3.05) is 14.2 Å². The lowest BCUT2D eigenvalue weighted by Crippen LogP contribution is -2.67. The van der Waals surface area contributed by atoms with Gasteiger partial charge >= 0.3 is 5.97 Å². The van der Waals surface area contributed by atoms with E-state index in [1.54, 1.807) is 14.2 Å². The number of ether oxygens (including phenoxy) is 2. The van der Waals surface area contributed by atoms with Crippen molar-refractivity contribution in [3.8, 4) is 11.5 Å². The third-order valence-corrected chi connectivity index (χ3v) is 15.2. The Balaban J connectivity index is 1.34. The van der Waals surface area contributed by atoms with E-state index in [0.29, 0.717) is 17.8 Å². The number of rotatable bonds is 6. The lowest BCUT2D eigenvalue weighted by molar-refractivity contribution is -0.248. The summed E-state index contributed by atoms with van der Waals surface area (Å²) in [6.45, 7) is 16.9. The first-order chi connectivity index (χ1) is 20.7. The summed E-state index contributed by atoms with van der Waals surface area (Å²) in [6, 6.07) is 5.85. The lowest BCUT2D eigenvalue weighted by Gasteiger charge is -2.72. The second-order valence-corrected chi connectivity index (χ2v) is 16.7. The summed E-state index contributed by atoms with van der Waals surface area (Å²) in [4.78, 5) is 13.2. The van der Waals surface area contributed by atoms with E-state index in [9.17, 15) is 15.0 Å². The molecule has 0 aromatic heterocycles. The van der Waals surface area contributed by atoms with Crippen LogP contribution in [0.3, 0.4) is 0 Å². The Bertz CT molecular complexity index is 1320. The van der Waals surface area contributed by atoms with E-state index in [4.69, 9.17) is 9.47 Å². The van der Waals surface area contributed by atoms with Gasteiger partial charge in [0, 0.05) is 6.07 Å². The van der Waals surface area contributed by atoms with Crippen LogP contribution >= 0.6 is 0 Å². The molecular formula is C39H56O5. The van der Waals surface area contributed by atoms with Gasteiger partial charge in [0.15, 0.2) is 0 Å². The third-order valence-electron chi connectivity index (χ3n) is 15.2. The predicted molar refractivity (Wildman–Crippen MR) is 176 cm³/mol. The van der Waals surface area contributed by atoms with Crippen LogP contribution in [-0.4, -0.2) is 36.5 Å². The molecule has 1 aromatic carbocycles. The Morgan fingerprint density at radius 1 is 0.841 bits per heavy atom. The molecule has 0 amide bonds. The van der Waals surface area contributed by atoms with Crippen LogP contribution in [0.5, 0.6) is 11.5 Å². The molecule has 0 unspecified atom stereocenters. The fraction of sp³-hybridized carbons (Fsp3) is 0.718. The van der Waals surface area contributed by atoms with Gasteiger partial charge in [-0.3, -0.25) is 4.79 Å². The Morgan fingerprint density at radius 3 is 2.16 bits per heavy atom. The second-order valence-electron chi connectivity index (χ2n) is 16.7. The number of aliphatic carboxylic acids is 1. The summed E-state index contributed by atoms with van der Waals surface area (Å²) in [7, 11) is 3.32. The molecule has 5 saturated carbocycles. The van der Waals surface area contributed by atoms with Gasteiger partial charge in [0.1, 0.15) is 11.5 Å². The minimum Gasteiger partial charge on any atom is -0.497 e. The largest absolute Gasteiger partial charge is 0.497 e. The van der Waals surface area contributed by atoms with Crippen LogP contribution in [0, 0.1) is 56.7 Å². The topological polar surface area (TPSA) is 76.0 Å². The van der Waals surface area contributed by atoms with E-state index in [1.165, 1.54) is 12.8 Å². The molecule has 5 aliphatic carbocycles. The van der Waals surface area contributed by atoms with Crippen molar-refractivity contribution in [3.63, 3.8) is 0 Å². The van der Waals surface area contributed by atoms with Crippen molar-refractivity contribution >= 4 is 12.0 Å². The highest BCUT2D eigenvalue weighted by atomic mass is 16.5. The van der Waals surface area contributed by atoms with E-state index >= 15 is 0 Å². The molecule has 1 aromatic rings. The summed E-state index contributed by atoms with van der Waals surface area (Å²) in [5.41, 5.74) is 1.76. The quantitative estimate of drug-likeness (QED) is 0.317.